The highest BCUT2D eigenvalue weighted by Crippen LogP contribution is 2.40. The highest BCUT2D eigenvalue weighted by molar-refractivity contribution is 6.30. The second-order valence-corrected chi connectivity index (χ2v) is 9.75. The molecule has 5 rings (SSSR count). The van der Waals surface area contributed by atoms with Crippen molar-refractivity contribution in [3.63, 3.8) is 0 Å². The predicted octanol–water partition coefficient (Wildman–Crippen LogP) is 6.04. The van der Waals surface area contributed by atoms with Gasteiger partial charge in [-0.3, -0.25) is 9.59 Å². The quantitative estimate of drug-likeness (QED) is 0.256. The van der Waals surface area contributed by atoms with E-state index in [2.05, 4.69) is 21.0 Å². The number of aryl methyl sites for hydroxylation is 1. The van der Waals surface area contributed by atoms with E-state index in [0.29, 0.717) is 50.5 Å². The molecule has 2 heterocycles. The van der Waals surface area contributed by atoms with Gasteiger partial charge in [0.2, 0.25) is 0 Å². The van der Waals surface area contributed by atoms with Crippen LogP contribution in [0.4, 0.5) is 17.2 Å². The summed E-state index contributed by atoms with van der Waals surface area (Å²) in [6.07, 6.45) is 1.49. The molecule has 0 saturated carbocycles. The molecule has 1 aliphatic heterocycles. The maximum absolute atomic E-state index is 13.7. The fraction of sp³-hybridized carbons (Fsp3) is 0.167. The van der Waals surface area contributed by atoms with E-state index in [0.717, 1.165) is 11.1 Å². The lowest BCUT2D eigenvalue weighted by molar-refractivity contribution is -0.113. The van der Waals surface area contributed by atoms with Crippen molar-refractivity contribution in [1.82, 2.24) is 9.78 Å². The Labute approximate surface area is 236 Å². The van der Waals surface area contributed by atoms with Crippen LogP contribution in [0.5, 0.6) is 11.5 Å². The van der Waals surface area contributed by atoms with Crippen molar-refractivity contribution >= 4 is 40.6 Å². The second kappa shape index (κ2) is 11.2. The summed E-state index contributed by atoms with van der Waals surface area (Å²) in [6.45, 7) is 3.77. The summed E-state index contributed by atoms with van der Waals surface area (Å²) >= 11 is 6.02. The van der Waals surface area contributed by atoms with E-state index >= 15 is 0 Å². The average molecular weight is 558 g/mol. The molecular weight excluding hydrogens is 530 g/mol. The number of ether oxygens (including phenoxy) is 2. The maximum Gasteiger partial charge on any atom is 0.261 e. The average Bonchev–Trinajstić information content (AvgIpc) is 3.37. The van der Waals surface area contributed by atoms with Crippen LogP contribution in [0, 0.1) is 6.92 Å². The number of benzene rings is 3. The van der Waals surface area contributed by atoms with Gasteiger partial charge in [0.25, 0.3) is 11.8 Å². The first-order valence-corrected chi connectivity index (χ1v) is 12.9. The lowest BCUT2D eigenvalue weighted by Crippen LogP contribution is -2.32. The summed E-state index contributed by atoms with van der Waals surface area (Å²) in [5.74, 6) is 0.848. The molecular formula is C30H28ClN5O4. The Morgan fingerprint density at radius 2 is 1.50 bits per heavy atom. The molecule has 0 bridgehead atoms. The summed E-state index contributed by atoms with van der Waals surface area (Å²) in [4.78, 5) is 27.0. The molecule has 3 N–H and O–H groups in total. The number of carbonyl (C=O) groups excluding carboxylic acids is 2. The fourth-order valence-electron chi connectivity index (χ4n) is 4.61. The molecule has 204 valence electrons. The first kappa shape index (κ1) is 26.8. The topological polar surface area (TPSA) is 107 Å². The molecule has 1 aromatic heterocycles. The Kier molecular flexibility index (Phi) is 7.48. The first-order chi connectivity index (χ1) is 19.3. The van der Waals surface area contributed by atoms with Gasteiger partial charge in [0, 0.05) is 22.1 Å². The molecule has 1 aliphatic rings. The summed E-state index contributed by atoms with van der Waals surface area (Å²) in [5, 5.41) is 14.2. The normalized spacial score (nSPS) is 14.2. The van der Waals surface area contributed by atoms with E-state index in [-0.39, 0.29) is 11.8 Å². The number of nitrogens with zero attached hydrogens (tertiary/aromatic N) is 2. The zero-order chi connectivity index (χ0) is 28.4. The molecule has 0 radical (unpaired) electrons. The molecule has 0 aliphatic carbocycles. The molecule has 2 amide bonds. The lowest BCUT2D eigenvalue weighted by Gasteiger charge is -2.30. The van der Waals surface area contributed by atoms with E-state index in [1.54, 1.807) is 62.2 Å². The highest BCUT2D eigenvalue weighted by Gasteiger charge is 2.36. The number of aromatic nitrogens is 2. The minimum Gasteiger partial charge on any atom is -0.493 e. The Bertz CT molecular complexity index is 1610. The number of halogens is 1. The highest BCUT2D eigenvalue weighted by atomic mass is 35.5. The molecule has 10 heteroatoms. The molecule has 0 fully saturated rings. The van der Waals surface area contributed by atoms with Gasteiger partial charge in [-0.05, 0) is 67.9 Å². The number of hydrogen-bond acceptors (Lipinski definition) is 6. The molecule has 1 unspecified atom stereocenters. The molecule has 0 saturated heterocycles. The van der Waals surface area contributed by atoms with Crippen LogP contribution in [0.15, 0.2) is 84.2 Å². The Morgan fingerprint density at radius 3 is 2.15 bits per heavy atom. The molecule has 40 heavy (non-hydrogen) atoms. The van der Waals surface area contributed by atoms with Gasteiger partial charge in [0.1, 0.15) is 17.4 Å². The molecule has 4 aromatic rings. The number of hydrogen-bond donors (Lipinski definition) is 3. The van der Waals surface area contributed by atoms with Crippen molar-refractivity contribution in [3.8, 4) is 11.5 Å². The van der Waals surface area contributed by atoms with Crippen LogP contribution in [0.1, 0.15) is 34.5 Å². The van der Waals surface area contributed by atoms with Gasteiger partial charge in [-0.1, -0.05) is 35.4 Å². The Balaban J connectivity index is 1.57. The monoisotopic (exact) mass is 557 g/mol. The second-order valence-electron chi connectivity index (χ2n) is 9.31. The van der Waals surface area contributed by atoms with Crippen molar-refractivity contribution in [3.05, 3.63) is 106 Å². The number of methoxy groups -OCH3 is 2. The first-order valence-electron chi connectivity index (χ1n) is 12.5. The van der Waals surface area contributed by atoms with Crippen LogP contribution in [0.3, 0.4) is 0 Å². The van der Waals surface area contributed by atoms with Crippen LogP contribution >= 0.6 is 11.6 Å². The zero-order valence-corrected chi connectivity index (χ0v) is 23.2. The largest absolute Gasteiger partial charge is 0.493 e. The summed E-state index contributed by atoms with van der Waals surface area (Å²) < 4.78 is 12.6. The Hall–Kier alpha value is -4.76. The van der Waals surface area contributed by atoms with Gasteiger partial charge in [-0.25, -0.2) is 4.68 Å². The molecule has 1 atom stereocenters. The summed E-state index contributed by atoms with van der Waals surface area (Å²) in [5.41, 5.74) is 4.39. The number of carbonyl (C=O) groups is 2. The number of nitrogens with one attached hydrogen (secondary N) is 3. The Morgan fingerprint density at radius 1 is 0.875 bits per heavy atom. The SMILES string of the molecule is COc1ccc(C2C(C(=O)Nc3ccc(Cl)cc3)=C(C)Nc3c(C(=O)Nc4ccc(C)cc4)cnn32)cc1OC. The van der Waals surface area contributed by atoms with E-state index in [1.807, 2.05) is 37.3 Å². The molecule has 0 spiro atoms. The maximum atomic E-state index is 13.7. The standard InChI is InChI=1S/C30H28ClN5O4/c1-17-5-10-21(11-6-17)34-29(37)23-16-32-36-27(19-7-14-24(39-3)25(15-19)40-4)26(18(2)33-28(23)36)30(38)35-22-12-8-20(31)9-13-22/h5-16,27,33H,1-4H3,(H,34,37)(H,35,38). The summed E-state index contributed by atoms with van der Waals surface area (Å²) in [6, 6.07) is 19.1. The van der Waals surface area contributed by atoms with Gasteiger partial charge in [0.15, 0.2) is 11.5 Å². The van der Waals surface area contributed by atoms with Gasteiger partial charge in [0.05, 0.1) is 26.0 Å². The third kappa shape index (κ3) is 5.23. The van der Waals surface area contributed by atoms with Crippen molar-refractivity contribution in [2.45, 2.75) is 19.9 Å². The van der Waals surface area contributed by atoms with Gasteiger partial charge >= 0.3 is 0 Å². The number of fused-ring (bicyclic) bond motifs is 1. The predicted molar refractivity (Wildman–Crippen MR) is 155 cm³/mol. The van der Waals surface area contributed by atoms with E-state index in [4.69, 9.17) is 21.1 Å². The fourth-order valence-corrected chi connectivity index (χ4v) is 4.74. The number of amides is 2. The van der Waals surface area contributed by atoms with E-state index in [1.165, 1.54) is 6.20 Å². The number of rotatable bonds is 7. The van der Waals surface area contributed by atoms with E-state index < -0.39 is 6.04 Å². The third-order valence-corrected chi connectivity index (χ3v) is 6.90. The smallest absolute Gasteiger partial charge is 0.261 e. The van der Waals surface area contributed by atoms with Gasteiger partial charge in [-0.15, -0.1) is 0 Å². The van der Waals surface area contributed by atoms with Crippen LogP contribution in [-0.4, -0.2) is 35.8 Å². The van der Waals surface area contributed by atoms with Crippen molar-refractivity contribution in [1.29, 1.82) is 0 Å². The van der Waals surface area contributed by atoms with Crippen LogP contribution < -0.4 is 25.4 Å². The van der Waals surface area contributed by atoms with E-state index in [9.17, 15) is 9.59 Å². The molecule has 9 nitrogen and oxygen atoms in total. The van der Waals surface area contributed by atoms with Crippen molar-refractivity contribution in [2.75, 3.05) is 30.2 Å². The number of anilines is 3. The van der Waals surface area contributed by atoms with Crippen molar-refractivity contribution < 1.29 is 19.1 Å². The minimum atomic E-state index is -0.677. The third-order valence-electron chi connectivity index (χ3n) is 6.65. The van der Waals surface area contributed by atoms with Gasteiger partial charge < -0.3 is 25.4 Å². The van der Waals surface area contributed by atoms with Gasteiger partial charge in [-0.2, -0.15) is 5.10 Å². The van der Waals surface area contributed by atoms with Crippen molar-refractivity contribution in [2.24, 2.45) is 0 Å². The minimum absolute atomic E-state index is 0.328. The van der Waals surface area contributed by atoms with Crippen LogP contribution in [0.25, 0.3) is 0 Å². The molecule has 3 aromatic carbocycles. The number of allylic oxidation sites excluding steroid dienone is 1. The lowest BCUT2D eigenvalue weighted by atomic mass is 9.94. The van der Waals surface area contributed by atoms with Crippen LogP contribution in [0.2, 0.25) is 5.02 Å². The zero-order valence-electron chi connectivity index (χ0n) is 22.4. The summed E-state index contributed by atoms with van der Waals surface area (Å²) in [7, 11) is 3.10. The van der Waals surface area contributed by atoms with Crippen LogP contribution in [-0.2, 0) is 4.79 Å².